The van der Waals surface area contributed by atoms with Gasteiger partial charge in [0.1, 0.15) is 5.75 Å². The molecule has 0 N–H and O–H groups in total. The molecule has 0 fully saturated rings. The Labute approximate surface area is 79.4 Å². The van der Waals surface area contributed by atoms with E-state index in [1.165, 1.54) is 0 Å². The molecule has 0 aliphatic heterocycles. The van der Waals surface area contributed by atoms with E-state index in [1.807, 2.05) is 24.3 Å². The van der Waals surface area contributed by atoms with Gasteiger partial charge in [0.2, 0.25) is 0 Å². The molecule has 0 radical (unpaired) electrons. The Balaban J connectivity index is 2.83. The van der Waals surface area contributed by atoms with E-state index >= 15 is 0 Å². The van der Waals surface area contributed by atoms with Crippen LogP contribution < -0.4 is 4.74 Å². The maximum absolute atomic E-state index is 5.43. The number of rotatable bonds is 3. The van der Waals surface area contributed by atoms with Crippen molar-refractivity contribution in [1.29, 1.82) is 0 Å². The lowest BCUT2D eigenvalue weighted by molar-refractivity contribution is 0.385. The van der Waals surface area contributed by atoms with Gasteiger partial charge in [-0.1, -0.05) is 45.7 Å². The summed E-state index contributed by atoms with van der Waals surface area (Å²) in [6.07, 6.45) is 0. The van der Waals surface area contributed by atoms with Crippen LogP contribution in [0.2, 0.25) is 0 Å². The highest BCUT2D eigenvalue weighted by Gasteiger charge is 1.98. The first-order chi connectivity index (χ1) is 5.38. The Morgan fingerprint density at radius 1 is 1.36 bits per heavy atom. The third-order valence-electron chi connectivity index (χ3n) is 1.33. The first kappa shape index (κ1) is 8.88. The van der Waals surface area contributed by atoms with E-state index in [4.69, 9.17) is 16.3 Å². The summed E-state index contributed by atoms with van der Waals surface area (Å²) < 4.78 is 5.16. The second-order valence-corrected chi connectivity index (χ2v) is 2.77. The van der Waals surface area contributed by atoms with E-state index in [1.54, 1.807) is 0 Å². The second kappa shape index (κ2) is 4.62. The molecule has 0 amide bonds. The van der Waals surface area contributed by atoms with Crippen LogP contribution in [0.15, 0.2) is 24.3 Å². The van der Waals surface area contributed by atoms with E-state index in [-0.39, 0.29) is 6.07 Å². The Bertz CT molecular complexity index is 227. The molecule has 11 heavy (non-hydrogen) atoms. The summed E-state index contributed by atoms with van der Waals surface area (Å²) in [7, 11) is 0. The summed E-state index contributed by atoms with van der Waals surface area (Å²) in [6, 6.07) is 7.99. The summed E-state index contributed by atoms with van der Waals surface area (Å²) in [5, 5.41) is 0.792. The van der Waals surface area contributed by atoms with Crippen LogP contribution in [0.1, 0.15) is 5.56 Å². The molecule has 0 heterocycles. The standard InChI is InChI=1S/C8H8BrClO/c9-5-7-3-1-2-4-8(7)11-6-10/h1-4H,5-6H2. The van der Waals surface area contributed by atoms with Crippen LogP contribution in [0.5, 0.6) is 5.75 Å². The number of hydrogen-bond donors (Lipinski definition) is 0. The molecule has 60 valence electrons. The lowest BCUT2D eigenvalue weighted by atomic mass is 10.2. The third-order valence-corrected chi connectivity index (χ3v) is 2.04. The summed E-state index contributed by atoms with van der Waals surface area (Å²) >= 11 is 8.78. The number of para-hydroxylation sites is 1. The predicted octanol–water partition coefficient (Wildman–Crippen LogP) is 3.16. The highest BCUT2D eigenvalue weighted by atomic mass is 79.9. The van der Waals surface area contributed by atoms with Crippen molar-refractivity contribution in [3.63, 3.8) is 0 Å². The lowest BCUT2D eigenvalue weighted by Crippen LogP contribution is -1.92. The molecule has 0 atom stereocenters. The molecule has 1 nitrogen and oxygen atoms in total. The Hall–Kier alpha value is -0.210. The number of ether oxygens (including phenoxy) is 1. The van der Waals surface area contributed by atoms with Crippen LogP contribution in [-0.4, -0.2) is 6.07 Å². The molecule has 1 rings (SSSR count). The van der Waals surface area contributed by atoms with Gasteiger partial charge >= 0.3 is 0 Å². The molecule has 0 unspecified atom stereocenters. The molecular formula is C8H8BrClO. The van der Waals surface area contributed by atoms with Gasteiger partial charge in [-0.15, -0.1) is 0 Å². The van der Waals surface area contributed by atoms with Crippen molar-refractivity contribution in [2.75, 3.05) is 6.07 Å². The SMILES string of the molecule is ClCOc1ccccc1CBr. The number of alkyl halides is 2. The topological polar surface area (TPSA) is 9.23 Å². The Kier molecular flexibility index (Phi) is 3.73. The number of benzene rings is 1. The molecule has 0 spiro atoms. The molecular weight excluding hydrogens is 227 g/mol. The smallest absolute Gasteiger partial charge is 0.162 e. The third kappa shape index (κ3) is 2.38. The van der Waals surface area contributed by atoms with E-state index in [0.29, 0.717) is 0 Å². The molecule has 3 heteroatoms. The van der Waals surface area contributed by atoms with E-state index < -0.39 is 0 Å². The van der Waals surface area contributed by atoms with Crippen molar-refractivity contribution in [2.45, 2.75) is 5.33 Å². The second-order valence-electron chi connectivity index (χ2n) is 1.99. The molecule has 1 aromatic rings. The average Bonchev–Trinajstić information content (AvgIpc) is 2.06. The minimum atomic E-state index is 0.198. The zero-order chi connectivity index (χ0) is 8.10. The number of halogens is 2. The number of hydrogen-bond acceptors (Lipinski definition) is 1. The van der Waals surface area contributed by atoms with Gasteiger partial charge in [-0.05, 0) is 6.07 Å². The fourth-order valence-corrected chi connectivity index (χ4v) is 1.39. The van der Waals surface area contributed by atoms with Gasteiger partial charge in [-0.3, -0.25) is 0 Å². The van der Waals surface area contributed by atoms with Crippen LogP contribution in [0.3, 0.4) is 0 Å². The Morgan fingerprint density at radius 3 is 2.73 bits per heavy atom. The first-order valence-electron chi connectivity index (χ1n) is 3.21. The van der Waals surface area contributed by atoms with Gasteiger partial charge in [-0.25, -0.2) is 0 Å². The molecule has 0 saturated carbocycles. The van der Waals surface area contributed by atoms with Crippen molar-refractivity contribution in [2.24, 2.45) is 0 Å². The molecule has 1 aromatic carbocycles. The van der Waals surface area contributed by atoms with Gasteiger partial charge < -0.3 is 4.74 Å². The van der Waals surface area contributed by atoms with E-state index in [2.05, 4.69) is 15.9 Å². The van der Waals surface area contributed by atoms with Crippen LogP contribution in [0.4, 0.5) is 0 Å². The zero-order valence-electron chi connectivity index (χ0n) is 5.89. The van der Waals surface area contributed by atoms with E-state index in [0.717, 1.165) is 16.6 Å². The fraction of sp³-hybridized carbons (Fsp3) is 0.250. The summed E-state index contributed by atoms with van der Waals surface area (Å²) in [5.41, 5.74) is 1.12. The summed E-state index contributed by atoms with van der Waals surface area (Å²) in [4.78, 5) is 0. The van der Waals surface area contributed by atoms with Crippen molar-refractivity contribution in [3.8, 4) is 5.75 Å². The average molecular weight is 236 g/mol. The van der Waals surface area contributed by atoms with Crippen LogP contribution in [0, 0.1) is 0 Å². The Morgan fingerprint density at radius 2 is 2.09 bits per heavy atom. The van der Waals surface area contributed by atoms with Crippen molar-refractivity contribution in [1.82, 2.24) is 0 Å². The van der Waals surface area contributed by atoms with Gasteiger partial charge in [0.15, 0.2) is 6.07 Å². The fourth-order valence-electron chi connectivity index (χ4n) is 0.814. The maximum atomic E-state index is 5.43. The van der Waals surface area contributed by atoms with Crippen molar-refractivity contribution < 1.29 is 4.74 Å². The van der Waals surface area contributed by atoms with Crippen molar-refractivity contribution >= 4 is 27.5 Å². The molecule has 0 bridgehead atoms. The molecule has 0 aromatic heterocycles. The molecule has 0 aliphatic rings. The summed E-state index contributed by atoms with van der Waals surface area (Å²) in [6.45, 7) is 0. The summed E-state index contributed by atoms with van der Waals surface area (Å²) in [5.74, 6) is 0.847. The normalized spacial score (nSPS) is 9.64. The van der Waals surface area contributed by atoms with Crippen LogP contribution >= 0.6 is 27.5 Å². The first-order valence-corrected chi connectivity index (χ1v) is 4.86. The maximum Gasteiger partial charge on any atom is 0.162 e. The quantitative estimate of drug-likeness (QED) is 0.731. The van der Waals surface area contributed by atoms with Crippen molar-refractivity contribution in [3.05, 3.63) is 29.8 Å². The van der Waals surface area contributed by atoms with E-state index in [9.17, 15) is 0 Å². The lowest BCUT2D eigenvalue weighted by Gasteiger charge is -2.05. The van der Waals surface area contributed by atoms with Gasteiger partial charge in [0.25, 0.3) is 0 Å². The monoisotopic (exact) mass is 234 g/mol. The van der Waals surface area contributed by atoms with Gasteiger partial charge in [0, 0.05) is 10.9 Å². The molecule has 0 saturated heterocycles. The van der Waals surface area contributed by atoms with Gasteiger partial charge in [-0.2, -0.15) is 0 Å². The van der Waals surface area contributed by atoms with Crippen LogP contribution in [-0.2, 0) is 5.33 Å². The minimum absolute atomic E-state index is 0.198. The van der Waals surface area contributed by atoms with Gasteiger partial charge in [0.05, 0.1) is 0 Å². The largest absolute Gasteiger partial charge is 0.478 e. The zero-order valence-corrected chi connectivity index (χ0v) is 8.23. The van der Waals surface area contributed by atoms with Crippen LogP contribution in [0.25, 0.3) is 0 Å². The highest BCUT2D eigenvalue weighted by molar-refractivity contribution is 9.08. The minimum Gasteiger partial charge on any atom is -0.478 e. The predicted molar refractivity (Wildman–Crippen MR) is 50.4 cm³/mol. The molecule has 0 aliphatic carbocycles. The highest BCUT2D eigenvalue weighted by Crippen LogP contribution is 2.20.